The van der Waals surface area contributed by atoms with Crippen molar-refractivity contribution >= 4 is 10.2 Å². The second kappa shape index (κ2) is 7.39. The minimum atomic E-state index is -3.47. The van der Waals surface area contributed by atoms with E-state index in [0.717, 1.165) is 12.1 Å². The third-order valence-corrected chi connectivity index (χ3v) is 5.07. The number of nitrogens with one attached hydrogen (secondary N) is 1. The average molecular weight is 318 g/mol. The highest BCUT2D eigenvalue weighted by atomic mass is 32.2. The first-order chi connectivity index (χ1) is 10.5. The van der Waals surface area contributed by atoms with Crippen LogP contribution in [0.15, 0.2) is 24.3 Å². The molecule has 0 bridgehead atoms. The van der Waals surface area contributed by atoms with Crippen LogP contribution >= 0.6 is 0 Å². The summed E-state index contributed by atoms with van der Waals surface area (Å²) in [6.07, 6.45) is 5.07. The summed E-state index contributed by atoms with van der Waals surface area (Å²) in [5.41, 5.74) is 1.75. The summed E-state index contributed by atoms with van der Waals surface area (Å²) in [5.74, 6) is 2.26. The summed E-state index contributed by atoms with van der Waals surface area (Å²) >= 11 is 0. The molecule has 6 nitrogen and oxygen atoms in total. The molecule has 1 heterocycles. The predicted molar refractivity (Wildman–Crippen MR) is 83.8 cm³/mol. The van der Waals surface area contributed by atoms with Gasteiger partial charge in [-0.05, 0) is 17.7 Å². The van der Waals surface area contributed by atoms with Crippen molar-refractivity contribution in [2.75, 3.05) is 32.7 Å². The zero-order valence-corrected chi connectivity index (χ0v) is 13.0. The fraction of sp³-hybridized carbons (Fsp3) is 0.400. The van der Waals surface area contributed by atoms with Crippen LogP contribution in [0.25, 0.3) is 0 Å². The minimum Gasteiger partial charge on any atom is -0.296 e. The van der Waals surface area contributed by atoms with Gasteiger partial charge in [0.05, 0.1) is 18.2 Å². The number of nitrogens with zero attached hydrogens (tertiary/aromatic N) is 3. The zero-order valence-electron chi connectivity index (χ0n) is 12.2. The minimum absolute atomic E-state index is 0.00773. The van der Waals surface area contributed by atoms with Gasteiger partial charge in [0.25, 0.3) is 10.2 Å². The van der Waals surface area contributed by atoms with E-state index in [2.05, 4.69) is 21.6 Å². The van der Waals surface area contributed by atoms with Crippen molar-refractivity contribution in [3.63, 3.8) is 0 Å². The van der Waals surface area contributed by atoms with Crippen molar-refractivity contribution in [1.82, 2.24) is 13.9 Å². The number of rotatable bonds is 5. The number of piperazine rings is 1. The van der Waals surface area contributed by atoms with Gasteiger partial charge in [-0.25, -0.2) is 0 Å². The number of benzene rings is 1. The van der Waals surface area contributed by atoms with Gasteiger partial charge in [-0.2, -0.15) is 22.7 Å². The van der Waals surface area contributed by atoms with Crippen molar-refractivity contribution in [2.45, 2.75) is 6.54 Å². The van der Waals surface area contributed by atoms with Gasteiger partial charge in [0.15, 0.2) is 0 Å². The van der Waals surface area contributed by atoms with Gasteiger partial charge < -0.3 is 0 Å². The molecule has 0 radical (unpaired) electrons. The zero-order chi connectivity index (χ0) is 16.0. The van der Waals surface area contributed by atoms with Crippen LogP contribution in [0, 0.1) is 23.7 Å². The molecule has 0 aromatic heterocycles. The molecule has 0 aliphatic carbocycles. The Bertz CT molecular complexity index is 678. The summed E-state index contributed by atoms with van der Waals surface area (Å²) in [5, 5.41) is 8.78. The SMILES string of the molecule is C#CCNS(=O)(=O)N1CCN(Cc2ccc(C#N)cc2)CC1. The van der Waals surface area contributed by atoms with E-state index >= 15 is 0 Å². The van der Waals surface area contributed by atoms with Crippen molar-refractivity contribution in [3.8, 4) is 18.4 Å². The third kappa shape index (κ3) is 4.30. The lowest BCUT2D eigenvalue weighted by Crippen LogP contribution is -2.51. The molecule has 0 atom stereocenters. The van der Waals surface area contributed by atoms with Crippen LogP contribution < -0.4 is 4.72 Å². The lowest BCUT2D eigenvalue weighted by Gasteiger charge is -2.33. The lowest BCUT2D eigenvalue weighted by atomic mass is 10.1. The molecule has 116 valence electrons. The fourth-order valence-corrected chi connectivity index (χ4v) is 3.39. The Labute approximate surface area is 131 Å². The Hall–Kier alpha value is -1.90. The first-order valence-corrected chi connectivity index (χ1v) is 8.39. The van der Waals surface area contributed by atoms with Crippen molar-refractivity contribution in [3.05, 3.63) is 35.4 Å². The first-order valence-electron chi connectivity index (χ1n) is 6.95. The normalized spacial score (nSPS) is 16.8. The van der Waals surface area contributed by atoms with Crippen molar-refractivity contribution in [2.24, 2.45) is 0 Å². The Kier molecular flexibility index (Phi) is 5.53. The maximum absolute atomic E-state index is 12.0. The van der Waals surface area contributed by atoms with Crippen LogP contribution in [0.3, 0.4) is 0 Å². The van der Waals surface area contributed by atoms with Crippen LogP contribution in [0.5, 0.6) is 0 Å². The monoisotopic (exact) mass is 318 g/mol. The Morgan fingerprint density at radius 2 is 1.82 bits per heavy atom. The summed E-state index contributed by atoms with van der Waals surface area (Å²) in [7, 11) is -3.47. The van der Waals surface area contributed by atoms with E-state index in [0.29, 0.717) is 31.7 Å². The predicted octanol–water partition coefficient (Wildman–Crippen LogP) is 0.143. The molecule has 0 spiro atoms. The average Bonchev–Trinajstić information content (AvgIpc) is 2.54. The molecule has 1 aromatic carbocycles. The standard InChI is InChI=1S/C15H18N4O2S/c1-2-7-17-22(20,21)19-10-8-18(9-11-19)13-15-5-3-14(12-16)4-6-15/h1,3-6,17H,7-11,13H2. The third-order valence-electron chi connectivity index (χ3n) is 3.52. The summed E-state index contributed by atoms with van der Waals surface area (Å²) in [4.78, 5) is 2.19. The van der Waals surface area contributed by atoms with Crippen LogP contribution in [0.1, 0.15) is 11.1 Å². The van der Waals surface area contributed by atoms with Crippen LogP contribution in [0.2, 0.25) is 0 Å². The molecule has 22 heavy (non-hydrogen) atoms. The van der Waals surface area contributed by atoms with Crippen LogP contribution in [-0.4, -0.2) is 50.3 Å². The molecule has 1 aliphatic rings. The highest BCUT2D eigenvalue weighted by Crippen LogP contribution is 2.11. The molecule has 2 rings (SSSR count). The topological polar surface area (TPSA) is 76.4 Å². The second-order valence-corrected chi connectivity index (χ2v) is 6.77. The van der Waals surface area contributed by atoms with Crippen molar-refractivity contribution < 1.29 is 8.42 Å². The number of nitriles is 1. The molecular formula is C15H18N4O2S. The van der Waals surface area contributed by atoms with E-state index in [4.69, 9.17) is 11.7 Å². The maximum Gasteiger partial charge on any atom is 0.280 e. The number of terminal acetylenes is 1. The van der Waals surface area contributed by atoms with E-state index < -0.39 is 10.2 Å². The van der Waals surface area contributed by atoms with Gasteiger partial charge in [-0.3, -0.25) is 4.90 Å². The van der Waals surface area contributed by atoms with Gasteiger partial charge in [-0.1, -0.05) is 18.1 Å². The molecule has 7 heteroatoms. The van der Waals surface area contributed by atoms with E-state index in [1.807, 2.05) is 12.1 Å². The molecule has 1 aliphatic heterocycles. The summed E-state index contributed by atoms with van der Waals surface area (Å²) < 4.78 is 27.7. The molecule has 1 N–H and O–H groups in total. The molecule has 0 amide bonds. The lowest BCUT2D eigenvalue weighted by molar-refractivity contribution is 0.180. The van der Waals surface area contributed by atoms with E-state index in [-0.39, 0.29) is 6.54 Å². The van der Waals surface area contributed by atoms with Crippen molar-refractivity contribution in [1.29, 1.82) is 5.26 Å². The Morgan fingerprint density at radius 3 is 2.36 bits per heavy atom. The van der Waals surface area contributed by atoms with Crippen LogP contribution in [0.4, 0.5) is 0 Å². The first kappa shape index (κ1) is 16.5. The van der Waals surface area contributed by atoms with Gasteiger partial charge in [0, 0.05) is 32.7 Å². The molecular weight excluding hydrogens is 300 g/mol. The van der Waals surface area contributed by atoms with Crippen LogP contribution in [-0.2, 0) is 16.8 Å². The summed E-state index contributed by atoms with van der Waals surface area (Å²) in [6, 6.07) is 9.53. The molecule has 1 saturated heterocycles. The van der Waals surface area contributed by atoms with E-state index in [9.17, 15) is 8.42 Å². The highest BCUT2D eigenvalue weighted by molar-refractivity contribution is 7.87. The maximum atomic E-state index is 12.0. The molecule has 0 unspecified atom stereocenters. The number of hydrogen-bond acceptors (Lipinski definition) is 4. The second-order valence-electron chi connectivity index (χ2n) is 5.01. The van der Waals surface area contributed by atoms with E-state index in [1.165, 1.54) is 4.31 Å². The highest BCUT2D eigenvalue weighted by Gasteiger charge is 2.26. The largest absolute Gasteiger partial charge is 0.296 e. The van der Waals surface area contributed by atoms with Gasteiger partial charge in [-0.15, -0.1) is 6.42 Å². The quantitative estimate of drug-likeness (QED) is 0.784. The summed E-state index contributed by atoms with van der Waals surface area (Å²) in [6.45, 7) is 2.96. The number of hydrogen-bond donors (Lipinski definition) is 1. The molecule has 0 saturated carbocycles. The van der Waals surface area contributed by atoms with E-state index in [1.54, 1.807) is 12.1 Å². The molecule has 1 aromatic rings. The smallest absolute Gasteiger partial charge is 0.280 e. The van der Waals surface area contributed by atoms with Gasteiger partial charge in [0.2, 0.25) is 0 Å². The Balaban J connectivity index is 1.87. The van der Waals surface area contributed by atoms with Gasteiger partial charge in [0.1, 0.15) is 0 Å². The fourth-order valence-electron chi connectivity index (χ4n) is 2.30. The van der Waals surface area contributed by atoms with Gasteiger partial charge >= 0.3 is 0 Å². The molecule has 1 fully saturated rings. The Morgan fingerprint density at radius 1 is 1.18 bits per heavy atom.